The lowest BCUT2D eigenvalue weighted by molar-refractivity contribution is -0.140. The number of ether oxygens (including phenoxy) is 2. The summed E-state index contributed by atoms with van der Waals surface area (Å²) < 4.78 is 40.4. The van der Waals surface area contributed by atoms with Crippen molar-refractivity contribution in [2.75, 3.05) is 31.6 Å². The molecule has 0 aliphatic heterocycles. The molecule has 0 fully saturated rings. The van der Waals surface area contributed by atoms with Crippen LogP contribution >= 0.6 is 0 Å². The van der Waals surface area contributed by atoms with E-state index >= 15 is 0 Å². The third kappa shape index (κ3) is 8.50. The third-order valence-corrected chi connectivity index (χ3v) is 8.82. The molecule has 43 heavy (non-hydrogen) atoms. The standard InChI is InChI=1S/C33H43N3O6S/c1-8-29(33(38)34-20-23(2)3)35(21-26-11-9-10-25(5)18-26)32(37)22-36(30-19-27(41-6)14-17-31(30)42-7)43(39,40)28-15-12-24(4)13-16-28/h9-19,23,29H,8,20-22H2,1-7H3,(H,34,38)/t29-/m1/s1. The molecule has 0 aliphatic carbocycles. The highest BCUT2D eigenvalue weighted by Gasteiger charge is 2.35. The van der Waals surface area contributed by atoms with Crippen molar-refractivity contribution < 1.29 is 27.5 Å². The van der Waals surface area contributed by atoms with Crippen LogP contribution in [0, 0.1) is 19.8 Å². The number of hydrogen-bond donors (Lipinski definition) is 1. The maximum Gasteiger partial charge on any atom is 0.264 e. The normalized spacial score (nSPS) is 12.0. The molecule has 0 bridgehead atoms. The molecule has 1 atom stereocenters. The average molecular weight is 610 g/mol. The van der Waals surface area contributed by atoms with E-state index in [1.807, 2.05) is 58.9 Å². The minimum atomic E-state index is -4.26. The van der Waals surface area contributed by atoms with Gasteiger partial charge in [-0.15, -0.1) is 0 Å². The van der Waals surface area contributed by atoms with Crippen molar-refractivity contribution in [1.82, 2.24) is 10.2 Å². The first-order valence-electron chi connectivity index (χ1n) is 14.3. The molecule has 0 heterocycles. The first kappa shape index (κ1) is 33.5. The van der Waals surface area contributed by atoms with Crippen molar-refractivity contribution in [3.05, 3.63) is 83.4 Å². The molecule has 10 heteroatoms. The summed E-state index contributed by atoms with van der Waals surface area (Å²) in [7, 11) is -1.36. The Balaban J connectivity index is 2.14. The van der Waals surface area contributed by atoms with Crippen molar-refractivity contribution in [2.45, 2.75) is 58.5 Å². The maximum absolute atomic E-state index is 14.3. The number of sulfonamides is 1. The summed E-state index contributed by atoms with van der Waals surface area (Å²) in [4.78, 5) is 29.2. The smallest absolute Gasteiger partial charge is 0.264 e. The van der Waals surface area contributed by atoms with E-state index in [1.165, 1.54) is 37.3 Å². The summed E-state index contributed by atoms with van der Waals surface area (Å²) in [5, 5.41) is 2.94. The summed E-state index contributed by atoms with van der Waals surface area (Å²) in [5.74, 6) is 0.0375. The van der Waals surface area contributed by atoms with Gasteiger partial charge in [0.1, 0.15) is 24.1 Å². The summed E-state index contributed by atoms with van der Waals surface area (Å²) in [6, 6.07) is 18.0. The summed E-state index contributed by atoms with van der Waals surface area (Å²) in [6.07, 6.45) is 0.342. The molecular weight excluding hydrogens is 566 g/mol. The van der Waals surface area contributed by atoms with Crippen molar-refractivity contribution >= 4 is 27.5 Å². The number of amides is 2. The van der Waals surface area contributed by atoms with Gasteiger partial charge in [0, 0.05) is 19.2 Å². The van der Waals surface area contributed by atoms with E-state index in [-0.39, 0.29) is 34.7 Å². The van der Waals surface area contributed by atoms with Gasteiger partial charge in [0.25, 0.3) is 10.0 Å². The largest absolute Gasteiger partial charge is 0.497 e. The Morgan fingerprint density at radius 2 is 1.60 bits per heavy atom. The quantitative estimate of drug-likeness (QED) is 0.273. The number of carbonyl (C=O) groups excluding carboxylic acids is 2. The van der Waals surface area contributed by atoms with E-state index < -0.39 is 28.5 Å². The Kier molecular flexibility index (Phi) is 11.6. The van der Waals surface area contributed by atoms with Gasteiger partial charge in [-0.2, -0.15) is 0 Å². The number of anilines is 1. The van der Waals surface area contributed by atoms with Crippen LogP contribution in [0.15, 0.2) is 71.6 Å². The Labute approximate surface area is 255 Å². The molecule has 0 aromatic heterocycles. The molecule has 3 aromatic carbocycles. The van der Waals surface area contributed by atoms with Crippen molar-refractivity contribution in [1.29, 1.82) is 0 Å². The molecular formula is C33H43N3O6S. The predicted molar refractivity (Wildman–Crippen MR) is 169 cm³/mol. The van der Waals surface area contributed by atoms with Crippen LogP contribution in [0.2, 0.25) is 0 Å². The molecule has 3 rings (SSSR count). The van der Waals surface area contributed by atoms with E-state index in [2.05, 4.69) is 5.32 Å². The number of nitrogens with one attached hydrogen (secondary N) is 1. The number of nitrogens with zero attached hydrogens (tertiary/aromatic N) is 2. The van der Waals surface area contributed by atoms with Gasteiger partial charge in [-0.25, -0.2) is 8.42 Å². The molecule has 0 radical (unpaired) electrons. The van der Waals surface area contributed by atoms with Crippen LogP contribution in [0.5, 0.6) is 11.5 Å². The summed E-state index contributed by atoms with van der Waals surface area (Å²) in [5.41, 5.74) is 2.87. The molecule has 0 aliphatic rings. The van der Waals surface area contributed by atoms with Gasteiger partial charge in [-0.1, -0.05) is 68.3 Å². The zero-order chi connectivity index (χ0) is 31.7. The lowest BCUT2D eigenvalue weighted by Gasteiger charge is -2.33. The summed E-state index contributed by atoms with van der Waals surface area (Å²) in [6.45, 7) is 9.65. The Morgan fingerprint density at radius 3 is 2.19 bits per heavy atom. The molecule has 0 spiro atoms. The number of hydrogen-bond acceptors (Lipinski definition) is 6. The van der Waals surface area contributed by atoms with Gasteiger partial charge in [-0.05, 0) is 56.0 Å². The van der Waals surface area contributed by atoms with Crippen LogP contribution in [0.3, 0.4) is 0 Å². The molecule has 0 saturated heterocycles. The van der Waals surface area contributed by atoms with Crippen molar-refractivity contribution in [2.24, 2.45) is 5.92 Å². The second kappa shape index (κ2) is 14.9. The fourth-order valence-corrected chi connectivity index (χ4v) is 6.11. The van der Waals surface area contributed by atoms with Gasteiger partial charge in [0.05, 0.1) is 24.8 Å². The zero-order valence-corrected chi connectivity index (χ0v) is 26.9. The molecule has 0 unspecified atom stereocenters. The lowest BCUT2D eigenvalue weighted by Crippen LogP contribution is -2.52. The van der Waals surface area contributed by atoms with E-state index in [0.29, 0.717) is 18.7 Å². The van der Waals surface area contributed by atoms with Crippen LogP contribution in [0.1, 0.15) is 43.9 Å². The second-order valence-electron chi connectivity index (χ2n) is 10.9. The van der Waals surface area contributed by atoms with Crippen LogP contribution in [0.4, 0.5) is 5.69 Å². The molecule has 232 valence electrons. The monoisotopic (exact) mass is 609 g/mol. The van der Waals surface area contributed by atoms with Gasteiger partial charge >= 0.3 is 0 Å². The molecule has 2 amide bonds. The maximum atomic E-state index is 14.3. The number of aryl methyl sites for hydroxylation is 2. The molecule has 9 nitrogen and oxygen atoms in total. The van der Waals surface area contributed by atoms with Crippen molar-refractivity contribution in [3.8, 4) is 11.5 Å². The molecule has 3 aromatic rings. The second-order valence-corrected chi connectivity index (χ2v) is 12.8. The van der Waals surface area contributed by atoms with E-state index in [4.69, 9.17) is 9.47 Å². The fraction of sp³-hybridized carbons (Fsp3) is 0.394. The number of benzene rings is 3. The topological polar surface area (TPSA) is 105 Å². The van der Waals surface area contributed by atoms with E-state index in [9.17, 15) is 18.0 Å². The molecule has 0 saturated carbocycles. The van der Waals surface area contributed by atoms with Gasteiger partial charge in [0.15, 0.2) is 0 Å². The van der Waals surface area contributed by atoms with E-state index in [1.54, 1.807) is 24.3 Å². The van der Waals surface area contributed by atoms with Crippen LogP contribution < -0.4 is 19.1 Å². The van der Waals surface area contributed by atoms with Crippen LogP contribution in [-0.4, -0.2) is 58.5 Å². The minimum absolute atomic E-state index is 0.0164. The Morgan fingerprint density at radius 1 is 0.907 bits per heavy atom. The highest BCUT2D eigenvalue weighted by atomic mass is 32.2. The SMILES string of the molecule is CC[C@H](C(=O)NCC(C)C)N(Cc1cccc(C)c1)C(=O)CN(c1cc(OC)ccc1OC)S(=O)(=O)c1ccc(C)cc1. The van der Waals surface area contributed by atoms with Gasteiger partial charge in [-0.3, -0.25) is 13.9 Å². The minimum Gasteiger partial charge on any atom is -0.497 e. The number of methoxy groups -OCH3 is 2. The summed E-state index contributed by atoms with van der Waals surface area (Å²) >= 11 is 0. The highest BCUT2D eigenvalue weighted by Crippen LogP contribution is 2.36. The Hall–Kier alpha value is -4.05. The third-order valence-electron chi connectivity index (χ3n) is 7.05. The first-order chi connectivity index (χ1) is 20.4. The predicted octanol–water partition coefficient (Wildman–Crippen LogP) is 5.10. The van der Waals surface area contributed by atoms with Gasteiger partial charge in [0.2, 0.25) is 11.8 Å². The average Bonchev–Trinajstić information content (AvgIpc) is 2.98. The Bertz CT molecular complexity index is 1510. The van der Waals surface area contributed by atoms with Crippen LogP contribution in [0.25, 0.3) is 0 Å². The number of rotatable bonds is 14. The van der Waals surface area contributed by atoms with Gasteiger partial charge < -0.3 is 19.7 Å². The lowest BCUT2D eigenvalue weighted by atomic mass is 10.1. The zero-order valence-electron chi connectivity index (χ0n) is 26.1. The molecule has 1 N–H and O–H groups in total. The van der Waals surface area contributed by atoms with Crippen molar-refractivity contribution in [3.63, 3.8) is 0 Å². The fourth-order valence-electron chi connectivity index (χ4n) is 4.69. The number of carbonyl (C=O) groups is 2. The first-order valence-corrected chi connectivity index (χ1v) is 15.8. The van der Waals surface area contributed by atoms with Crippen LogP contribution in [-0.2, 0) is 26.2 Å². The van der Waals surface area contributed by atoms with E-state index in [0.717, 1.165) is 21.0 Å². The highest BCUT2D eigenvalue weighted by molar-refractivity contribution is 7.92.